The summed E-state index contributed by atoms with van der Waals surface area (Å²) in [7, 11) is 7.45. The zero-order valence-corrected chi connectivity index (χ0v) is 37.5. The number of fused-ring (bicyclic) bond motifs is 4. The van der Waals surface area contributed by atoms with Gasteiger partial charge in [0.05, 0.1) is 57.6 Å². The Balaban J connectivity index is 0.000000176. The van der Waals surface area contributed by atoms with E-state index in [4.69, 9.17) is 0 Å². The molecule has 0 aliphatic heterocycles. The molecule has 4 aromatic carbocycles. The van der Waals surface area contributed by atoms with Gasteiger partial charge in [-0.3, -0.25) is 14.2 Å². The minimum atomic E-state index is -0.0357. The van der Waals surface area contributed by atoms with E-state index in [0.29, 0.717) is 0 Å². The molecule has 0 radical (unpaired) electrons. The molecule has 0 saturated heterocycles. The number of hydrogen-bond acceptors (Lipinski definition) is 10. The van der Waals surface area contributed by atoms with Crippen LogP contribution in [0.3, 0.4) is 0 Å². The summed E-state index contributed by atoms with van der Waals surface area (Å²) in [5.74, 6) is 2.34. The Kier molecular flexibility index (Phi) is 11.7. The van der Waals surface area contributed by atoms with Crippen LogP contribution in [0.25, 0.3) is 49.1 Å². The van der Waals surface area contributed by atoms with Crippen molar-refractivity contribution in [3.05, 3.63) is 117 Å². The summed E-state index contributed by atoms with van der Waals surface area (Å²) in [5, 5.41) is 43.7. The molecule has 5 N–H and O–H groups in total. The van der Waals surface area contributed by atoms with Crippen molar-refractivity contribution in [2.45, 2.75) is 79.3 Å². The number of benzene rings is 4. The van der Waals surface area contributed by atoms with Gasteiger partial charge in [-0.25, -0.2) is 4.79 Å². The molecule has 62 heavy (non-hydrogen) atoms. The fraction of sp³-hybridized carbons (Fsp3) is 0.347. The predicted molar refractivity (Wildman–Crippen MR) is 256 cm³/mol. The van der Waals surface area contributed by atoms with Crippen LogP contribution in [0.5, 0.6) is 0 Å². The first-order valence-corrected chi connectivity index (χ1v) is 21.6. The van der Waals surface area contributed by atoms with E-state index in [-0.39, 0.29) is 17.8 Å². The maximum absolute atomic E-state index is 12.5. The van der Waals surface area contributed by atoms with E-state index in [0.717, 1.165) is 95.8 Å². The van der Waals surface area contributed by atoms with E-state index in [1.807, 2.05) is 48.2 Å². The number of aryl methyl sites for hydroxylation is 4. The van der Waals surface area contributed by atoms with Gasteiger partial charge in [-0.1, -0.05) is 49.8 Å². The van der Waals surface area contributed by atoms with E-state index in [2.05, 4.69) is 146 Å². The van der Waals surface area contributed by atoms with Crippen LogP contribution in [0, 0.1) is 26.7 Å². The van der Waals surface area contributed by atoms with E-state index >= 15 is 0 Å². The molecule has 4 heterocycles. The van der Waals surface area contributed by atoms with Gasteiger partial charge in [0.2, 0.25) is 0 Å². The van der Waals surface area contributed by atoms with Crippen molar-refractivity contribution in [3.8, 4) is 0 Å². The molecule has 4 aromatic heterocycles. The summed E-state index contributed by atoms with van der Waals surface area (Å²) >= 11 is 0. The predicted octanol–water partition coefficient (Wildman–Crippen LogP) is 10.3. The fourth-order valence-electron chi connectivity index (χ4n) is 9.00. The molecule has 0 spiro atoms. The summed E-state index contributed by atoms with van der Waals surface area (Å²) in [4.78, 5) is 12.5. The molecule has 1 unspecified atom stereocenters. The number of aromatic nitrogens is 8. The lowest BCUT2D eigenvalue weighted by atomic mass is 9.83. The summed E-state index contributed by atoms with van der Waals surface area (Å²) in [6.07, 6.45) is 9.17. The number of aromatic amines is 1. The SMILES string of the molecule is CCC1CC=C(c2cccc([C@@H](C)Nc3nnc(C)c4cc5c(cc34)n(C)c(=O)n5C)c2C)CC1.CNc1cc2c(C)nnc(N[C@H](C)c3ccc4cn[nH]c4c3)c2cc1NC. The van der Waals surface area contributed by atoms with Gasteiger partial charge in [0.25, 0.3) is 0 Å². The third-order valence-corrected chi connectivity index (χ3v) is 13.0. The van der Waals surface area contributed by atoms with Gasteiger partial charge < -0.3 is 21.3 Å². The van der Waals surface area contributed by atoms with Crippen molar-refractivity contribution in [2.24, 2.45) is 20.0 Å². The van der Waals surface area contributed by atoms with E-state index < -0.39 is 0 Å². The molecule has 13 heteroatoms. The molecule has 0 saturated carbocycles. The Bertz CT molecular complexity index is 3050. The monoisotopic (exact) mass is 830 g/mol. The molecule has 0 bridgehead atoms. The zero-order chi connectivity index (χ0) is 43.8. The van der Waals surface area contributed by atoms with Gasteiger partial charge in [0.1, 0.15) is 0 Å². The number of allylic oxidation sites excluding steroid dienone is 2. The number of rotatable bonds is 10. The van der Waals surface area contributed by atoms with Crippen LogP contribution < -0.4 is 27.0 Å². The highest BCUT2D eigenvalue weighted by Crippen LogP contribution is 2.37. The molecule has 3 atom stereocenters. The van der Waals surface area contributed by atoms with Crippen molar-refractivity contribution >= 4 is 72.1 Å². The summed E-state index contributed by atoms with van der Waals surface area (Å²) < 4.78 is 3.37. The van der Waals surface area contributed by atoms with Crippen LogP contribution in [-0.4, -0.2) is 53.8 Å². The summed E-state index contributed by atoms with van der Waals surface area (Å²) in [6.45, 7) is 12.8. The number of nitrogens with zero attached hydrogens (tertiary/aromatic N) is 7. The van der Waals surface area contributed by atoms with Crippen molar-refractivity contribution in [3.63, 3.8) is 0 Å². The topological polar surface area (TPSA) is 155 Å². The fourth-order valence-corrected chi connectivity index (χ4v) is 9.00. The second-order valence-electron chi connectivity index (χ2n) is 16.7. The molecule has 320 valence electrons. The van der Waals surface area contributed by atoms with Gasteiger partial charge in [-0.05, 0) is 118 Å². The van der Waals surface area contributed by atoms with Gasteiger partial charge >= 0.3 is 5.69 Å². The highest BCUT2D eigenvalue weighted by atomic mass is 16.1. The quantitative estimate of drug-likeness (QED) is 0.0899. The van der Waals surface area contributed by atoms with Crippen LogP contribution in [0.1, 0.15) is 92.2 Å². The molecule has 8 aromatic rings. The standard InChI is InChI=1S/C29H35N5O.C20H23N7/c1-7-20-11-13-21(14-12-20)23-10-8-9-22(17(23)2)18(3)30-28-25-16-27-26(33(5)29(35)34(27)6)15-24(25)19(4)31-32-28;1-11(13-5-6-14-10-23-26-17(14)7-13)24-20-16-9-19(22-4)18(21-3)8-15(16)12(2)25-27-20/h8-10,13,15-16,18,20H,7,11-12,14H2,1-6H3,(H,30,32);5-11,21-22H,1-4H3,(H,23,26)(H,24,27)/t18-,20?;11-/m11/s1. The average molecular weight is 831 g/mol. The van der Waals surface area contributed by atoms with Crippen LogP contribution in [0.15, 0.2) is 77.7 Å². The van der Waals surface area contributed by atoms with Crippen molar-refractivity contribution < 1.29 is 0 Å². The first-order valence-electron chi connectivity index (χ1n) is 21.6. The zero-order valence-electron chi connectivity index (χ0n) is 37.5. The molecule has 0 fully saturated rings. The van der Waals surface area contributed by atoms with E-state index in [9.17, 15) is 4.79 Å². The van der Waals surface area contributed by atoms with Crippen LogP contribution in [0.2, 0.25) is 0 Å². The van der Waals surface area contributed by atoms with E-state index in [1.165, 1.54) is 41.5 Å². The Labute approximate surface area is 362 Å². The Morgan fingerprint density at radius 1 is 0.774 bits per heavy atom. The van der Waals surface area contributed by atoms with Crippen LogP contribution >= 0.6 is 0 Å². The van der Waals surface area contributed by atoms with Gasteiger partial charge in [-0.2, -0.15) is 15.3 Å². The third-order valence-electron chi connectivity index (χ3n) is 13.0. The third kappa shape index (κ3) is 7.83. The number of anilines is 4. The lowest BCUT2D eigenvalue weighted by Crippen LogP contribution is -2.19. The van der Waals surface area contributed by atoms with Crippen molar-refractivity contribution in [1.29, 1.82) is 0 Å². The van der Waals surface area contributed by atoms with Crippen LogP contribution in [0.4, 0.5) is 23.0 Å². The highest BCUT2D eigenvalue weighted by molar-refractivity contribution is 6.02. The average Bonchev–Trinajstić information content (AvgIpc) is 3.85. The van der Waals surface area contributed by atoms with Gasteiger partial charge in [-0.15, -0.1) is 10.2 Å². The number of hydrogen-bond donors (Lipinski definition) is 5. The van der Waals surface area contributed by atoms with Gasteiger partial charge in [0, 0.05) is 55.1 Å². The molecule has 1 aliphatic carbocycles. The molecule has 1 aliphatic rings. The number of nitrogens with one attached hydrogen (secondary N) is 5. The number of H-pyrrole nitrogens is 1. The Morgan fingerprint density at radius 2 is 1.39 bits per heavy atom. The first-order chi connectivity index (χ1) is 29.9. The molecule has 13 nitrogen and oxygen atoms in total. The summed E-state index contributed by atoms with van der Waals surface area (Å²) in [5.41, 5.74) is 13.2. The van der Waals surface area contributed by atoms with Gasteiger partial charge in [0.15, 0.2) is 11.6 Å². The largest absolute Gasteiger partial charge is 0.386 e. The van der Waals surface area contributed by atoms with Crippen LogP contribution in [-0.2, 0) is 14.1 Å². The lowest BCUT2D eigenvalue weighted by Gasteiger charge is -2.24. The Hall–Kier alpha value is -6.76. The second kappa shape index (κ2) is 17.3. The normalized spacial score (nSPS) is 15.0. The minimum Gasteiger partial charge on any atom is -0.386 e. The second-order valence-corrected chi connectivity index (χ2v) is 16.7. The first kappa shape index (κ1) is 42.0. The molecular weight excluding hydrogens is 773 g/mol. The maximum Gasteiger partial charge on any atom is 0.328 e. The summed E-state index contributed by atoms with van der Waals surface area (Å²) in [6, 6.07) is 21.4. The van der Waals surface area contributed by atoms with E-state index in [1.54, 1.807) is 9.13 Å². The maximum atomic E-state index is 12.5. The van der Waals surface area contributed by atoms with Crippen molar-refractivity contribution in [1.82, 2.24) is 39.7 Å². The van der Waals surface area contributed by atoms with Crippen molar-refractivity contribution in [2.75, 3.05) is 35.4 Å². The molecular formula is C49H58N12O. The minimum absolute atomic E-state index is 0.0357. The Morgan fingerprint density at radius 3 is 2.02 bits per heavy atom. The number of imidazole rings is 1. The highest BCUT2D eigenvalue weighted by Gasteiger charge is 2.20. The smallest absolute Gasteiger partial charge is 0.328 e. The molecule has 9 rings (SSSR count). The molecule has 0 amide bonds. The lowest BCUT2D eigenvalue weighted by molar-refractivity contribution is 0.470.